The van der Waals surface area contributed by atoms with Crippen molar-refractivity contribution in [3.63, 3.8) is 0 Å². The minimum Gasteiger partial charge on any atom is -0.399 e. The monoisotopic (exact) mass is 320 g/mol. The standard InChI is InChI=1S/C15H14BrFN2/c16-10-2-5-13(17)15(8-10)19-14-6-1-9-7-11(18)3-4-12(9)14/h2-5,7-8,14,19H,1,6,18H2. The van der Waals surface area contributed by atoms with E-state index in [1.807, 2.05) is 18.2 Å². The molecule has 19 heavy (non-hydrogen) atoms. The topological polar surface area (TPSA) is 38.0 Å². The SMILES string of the molecule is Nc1ccc2c(c1)CCC2Nc1cc(Br)ccc1F. The molecule has 2 nitrogen and oxygen atoms in total. The van der Waals surface area contributed by atoms with Crippen LogP contribution in [0.25, 0.3) is 0 Å². The zero-order valence-corrected chi connectivity index (χ0v) is 11.9. The highest BCUT2D eigenvalue weighted by Crippen LogP contribution is 2.35. The predicted molar refractivity (Wildman–Crippen MR) is 79.6 cm³/mol. The fourth-order valence-electron chi connectivity index (χ4n) is 2.58. The van der Waals surface area contributed by atoms with Crippen LogP contribution < -0.4 is 11.1 Å². The molecule has 3 N–H and O–H groups in total. The Labute approximate surface area is 120 Å². The summed E-state index contributed by atoms with van der Waals surface area (Å²) in [5.74, 6) is -0.230. The average Bonchev–Trinajstić information content (AvgIpc) is 2.76. The first kappa shape index (κ1) is 12.5. The average molecular weight is 321 g/mol. The maximum Gasteiger partial charge on any atom is 0.146 e. The number of halogens is 2. The molecule has 0 fully saturated rings. The number of hydrogen-bond donors (Lipinski definition) is 2. The molecular weight excluding hydrogens is 307 g/mol. The van der Waals surface area contributed by atoms with E-state index in [0.29, 0.717) is 5.69 Å². The number of benzene rings is 2. The van der Waals surface area contributed by atoms with Crippen LogP contribution in [0.2, 0.25) is 0 Å². The van der Waals surface area contributed by atoms with Crippen LogP contribution in [0.4, 0.5) is 15.8 Å². The Morgan fingerprint density at radius 3 is 2.89 bits per heavy atom. The molecule has 1 aliphatic carbocycles. The molecule has 0 bridgehead atoms. The molecule has 0 heterocycles. The second kappa shape index (κ2) is 4.85. The lowest BCUT2D eigenvalue weighted by atomic mass is 10.1. The molecule has 0 saturated carbocycles. The molecule has 0 aliphatic heterocycles. The van der Waals surface area contributed by atoms with E-state index in [0.717, 1.165) is 23.0 Å². The van der Waals surface area contributed by atoms with Crippen molar-refractivity contribution >= 4 is 27.3 Å². The lowest BCUT2D eigenvalue weighted by molar-refractivity contribution is 0.624. The van der Waals surface area contributed by atoms with Gasteiger partial charge in [0, 0.05) is 10.2 Å². The zero-order valence-electron chi connectivity index (χ0n) is 10.3. The van der Waals surface area contributed by atoms with Gasteiger partial charge in [0.05, 0.1) is 11.7 Å². The van der Waals surface area contributed by atoms with Crippen molar-refractivity contribution in [1.82, 2.24) is 0 Å². The minimum atomic E-state index is -0.230. The number of nitrogens with one attached hydrogen (secondary N) is 1. The van der Waals surface area contributed by atoms with Gasteiger partial charge >= 0.3 is 0 Å². The maximum absolute atomic E-state index is 13.8. The van der Waals surface area contributed by atoms with Gasteiger partial charge in [-0.15, -0.1) is 0 Å². The van der Waals surface area contributed by atoms with Crippen molar-refractivity contribution in [2.24, 2.45) is 0 Å². The summed E-state index contributed by atoms with van der Waals surface area (Å²) in [7, 11) is 0. The van der Waals surface area contributed by atoms with Gasteiger partial charge in [-0.25, -0.2) is 4.39 Å². The second-order valence-corrected chi connectivity index (χ2v) is 5.73. The summed E-state index contributed by atoms with van der Waals surface area (Å²) in [6.45, 7) is 0. The molecule has 0 spiro atoms. The van der Waals surface area contributed by atoms with Gasteiger partial charge in [0.25, 0.3) is 0 Å². The summed E-state index contributed by atoms with van der Waals surface area (Å²) < 4.78 is 14.6. The van der Waals surface area contributed by atoms with Crippen LogP contribution in [-0.4, -0.2) is 0 Å². The summed E-state index contributed by atoms with van der Waals surface area (Å²) in [6, 6.07) is 11.0. The molecular formula is C15H14BrFN2. The Hall–Kier alpha value is -1.55. The van der Waals surface area contributed by atoms with E-state index in [1.54, 1.807) is 12.1 Å². The number of rotatable bonds is 2. The number of fused-ring (bicyclic) bond motifs is 1. The fraction of sp³-hybridized carbons (Fsp3) is 0.200. The van der Waals surface area contributed by atoms with E-state index in [9.17, 15) is 4.39 Å². The summed E-state index contributed by atoms with van der Waals surface area (Å²) in [5.41, 5.74) is 9.58. The third kappa shape index (κ3) is 2.45. The van der Waals surface area contributed by atoms with Crippen LogP contribution in [0.3, 0.4) is 0 Å². The molecule has 1 unspecified atom stereocenters. The first-order chi connectivity index (χ1) is 9.13. The summed E-state index contributed by atoms with van der Waals surface area (Å²) in [6.07, 6.45) is 1.94. The predicted octanol–water partition coefficient (Wildman–Crippen LogP) is 4.27. The van der Waals surface area contributed by atoms with Gasteiger partial charge in [-0.05, 0) is 54.3 Å². The molecule has 0 saturated heterocycles. The van der Waals surface area contributed by atoms with Crippen molar-refractivity contribution in [2.45, 2.75) is 18.9 Å². The molecule has 2 aromatic carbocycles. The van der Waals surface area contributed by atoms with Gasteiger partial charge in [-0.2, -0.15) is 0 Å². The van der Waals surface area contributed by atoms with Crippen molar-refractivity contribution < 1.29 is 4.39 Å². The Kier molecular flexibility index (Phi) is 3.19. The maximum atomic E-state index is 13.8. The first-order valence-corrected chi connectivity index (χ1v) is 7.02. The van der Waals surface area contributed by atoms with E-state index in [-0.39, 0.29) is 11.9 Å². The highest BCUT2D eigenvalue weighted by atomic mass is 79.9. The molecule has 0 aromatic heterocycles. The molecule has 0 amide bonds. The summed E-state index contributed by atoms with van der Waals surface area (Å²) in [5, 5.41) is 3.28. The Morgan fingerprint density at radius 2 is 2.05 bits per heavy atom. The summed E-state index contributed by atoms with van der Waals surface area (Å²) >= 11 is 3.36. The lowest BCUT2D eigenvalue weighted by Gasteiger charge is -2.16. The highest BCUT2D eigenvalue weighted by Gasteiger charge is 2.23. The zero-order chi connectivity index (χ0) is 13.4. The van der Waals surface area contributed by atoms with Gasteiger partial charge in [-0.3, -0.25) is 0 Å². The van der Waals surface area contributed by atoms with Crippen molar-refractivity contribution in [1.29, 1.82) is 0 Å². The van der Waals surface area contributed by atoms with E-state index >= 15 is 0 Å². The molecule has 2 aromatic rings. The van der Waals surface area contributed by atoms with Crippen molar-refractivity contribution in [3.8, 4) is 0 Å². The van der Waals surface area contributed by atoms with Gasteiger partial charge in [0.2, 0.25) is 0 Å². The smallest absolute Gasteiger partial charge is 0.146 e. The number of nitrogens with two attached hydrogens (primary N) is 1. The van der Waals surface area contributed by atoms with E-state index in [1.165, 1.54) is 17.2 Å². The number of nitrogen functional groups attached to an aromatic ring is 1. The highest BCUT2D eigenvalue weighted by molar-refractivity contribution is 9.10. The molecule has 0 radical (unpaired) electrons. The van der Waals surface area contributed by atoms with E-state index in [2.05, 4.69) is 21.2 Å². The van der Waals surface area contributed by atoms with E-state index < -0.39 is 0 Å². The van der Waals surface area contributed by atoms with Gasteiger partial charge in [0.1, 0.15) is 5.82 Å². The van der Waals surface area contributed by atoms with Crippen LogP contribution >= 0.6 is 15.9 Å². The van der Waals surface area contributed by atoms with Crippen LogP contribution in [0.15, 0.2) is 40.9 Å². The Balaban J connectivity index is 1.88. The van der Waals surface area contributed by atoms with Crippen LogP contribution in [0.1, 0.15) is 23.6 Å². The lowest BCUT2D eigenvalue weighted by Crippen LogP contribution is -2.08. The Morgan fingerprint density at radius 1 is 1.21 bits per heavy atom. The normalized spacial score (nSPS) is 17.3. The first-order valence-electron chi connectivity index (χ1n) is 6.23. The largest absolute Gasteiger partial charge is 0.399 e. The van der Waals surface area contributed by atoms with E-state index in [4.69, 9.17) is 5.73 Å². The second-order valence-electron chi connectivity index (χ2n) is 4.82. The van der Waals surface area contributed by atoms with Crippen molar-refractivity contribution in [2.75, 3.05) is 11.1 Å². The minimum absolute atomic E-state index is 0.152. The third-order valence-corrected chi connectivity index (χ3v) is 4.00. The fourth-order valence-corrected chi connectivity index (χ4v) is 2.94. The molecule has 1 aliphatic rings. The van der Waals surface area contributed by atoms with Crippen LogP contribution in [0.5, 0.6) is 0 Å². The molecule has 4 heteroatoms. The van der Waals surface area contributed by atoms with Gasteiger partial charge in [-0.1, -0.05) is 22.0 Å². The molecule has 98 valence electrons. The van der Waals surface area contributed by atoms with Gasteiger partial charge < -0.3 is 11.1 Å². The molecule has 1 atom stereocenters. The number of anilines is 2. The molecule has 3 rings (SSSR count). The van der Waals surface area contributed by atoms with Gasteiger partial charge in [0.15, 0.2) is 0 Å². The quantitative estimate of drug-likeness (QED) is 0.811. The number of hydrogen-bond acceptors (Lipinski definition) is 2. The number of aryl methyl sites for hydroxylation is 1. The van der Waals surface area contributed by atoms with Crippen molar-refractivity contribution in [3.05, 3.63) is 57.8 Å². The summed E-state index contributed by atoms with van der Waals surface area (Å²) in [4.78, 5) is 0. The third-order valence-electron chi connectivity index (χ3n) is 3.50. The van der Waals surface area contributed by atoms with Crippen LogP contribution in [-0.2, 0) is 6.42 Å². The van der Waals surface area contributed by atoms with Crippen LogP contribution in [0, 0.1) is 5.82 Å². The Bertz CT molecular complexity index is 628.